The van der Waals surface area contributed by atoms with Crippen LogP contribution in [0.1, 0.15) is 27.7 Å². The van der Waals surface area contributed by atoms with Gasteiger partial charge in [-0.15, -0.1) is 23.8 Å². The lowest BCUT2D eigenvalue weighted by Crippen LogP contribution is -2.12. The molecule has 5 rings (SSSR count). The van der Waals surface area contributed by atoms with E-state index in [2.05, 4.69) is 50.1 Å². The molecule has 0 aliphatic rings. The summed E-state index contributed by atoms with van der Waals surface area (Å²) in [6, 6.07) is 16.4. The molecule has 21 nitrogen and oxygen atoms in total. The molecule has 5 aromatic rings. The minimum atomic E-state index is -4.62. The Balaban J connectivity index is 1.73. The van der Waals surface area contributed by atoms with Crippen LogP contribution >= 0.6 is 24.1 Å². The van der Waals surface area contributed by atoms with Crippen molar-refractivity contribution in [1.82, 2.24) is 15.0 Å². The third-order valence-corrected chi connectivity index (χ3v) is 11.0. The maximum absolute atomic E-state index is 13.5. The second-order valence-corrected chi connectivity index (χ2v) is 15.9. The van der Waals surface area contributed by atoms with Gasteiger partial charge in [0.05, 0.1) is 70.3 Å². The van der Waals surface area contributed by atoms with Crippen molar-refractivity contribution in [1.29, 1.82) is 0 Å². The first-order valence-electron chi connectivity index (χ1n) is 16.4. The van der Waals surface area contributed by atoms with E-state index in [0.29, 0.717) is 15.5 Å². The molecule has 0 spiro atoms. The molecule has 0 fully saturated rings. The fraction of sp³-hybridized carbons (Fsp3) is 0.219. The molecular weight excluding hydrogens is 831 g/mol. The highest BCUT2D eigenvalue weighted by Gasteiger charge is 2.28. The normalized spacial score (nSPS) is 12.1. The lowest BCUT2D eigenvalue weighted by atomic mass is 10.1. The summed E-state index contributed by atoms with van der Waals surface area (Å²) in [6.07, 6.45) is -0.393. The van der Waals surface area contributed by atoms with E-state index in [4.69, 9.17) is 29.2 Å². The van der Waals surface area contributed by atoms with Crippen LogP contribution in [0.25, 0.3) is 10.8 Å². The van der Waals surface area contributed by atoms with Crippen LogP contribution in [0.15, 0.2) is 96.5 Å². The third kappa shape index (κ3) is 11.2. The summed E-state index contributed by atoms with van der Waals surface area (Å²) in [5, 5.41) is 25.9. The van der Waals surface area contributed by atoms with Gasteiger partial charge in [0.2, 0.25) is 11.9 Å². The number of nitrogens with zero attached hydrogens (tertiary/aromatic N) is 5. The molecule has 25 heteroatoms. The number of benzene rings is 4. The Morgan fingerprint density at radius 2 is 1.46 bits per heavy atom. The first kappa shape index (κ1) is 43.4. The molecule has 304 valence electrons. The molecule has 0 aliphatic heterocycles. The van der Waals surface area contributed by atoms with Gasteiger partial charge in [-0.05, 0) is 81.6 Å². The average Bonchev–Trinajstić information content (AvgIpc) is 3.16. The summed E-state index contributed by atoms with van der Waals surface area (Å²) in [6.45, 7) is 5.91. The van der Waals surface area contributed by atoms with Crippen molar-refractivity contribution in [2.75, 3.05) is 23.8 Å². The van der Waals surface area contributed by atoms with Gasteiger partial charge in [-0.3, -0.25) is 8.37 Å². The molecule has 0 bridgehead atoms. The quantitative estimate of drug-likeness (QED) is 0.0183. The monoisotopic (exact) mass is 865 g/mol. The molecule has 0 aliphatic carbocycles. The van der Waals surface area contributed by atoms with Crippen LogP contribution in [-0.4, -0.2) is 56.2 Å². The fourth-order valence-electron chi connectivity index (χ4n) is 4.87. The molecule has 0 saturated carbocycles. The number of nitrogens with two attached hydrogens (primary N) is 2. The minimum absolute atomic E-state index is 0.0418. The van der Waals surface area contributed by atoms with Crippen LogP contribution in [0.5, 0.6) is 11.8 Å². The summed E-state index contributed by atoms with van der Waals surface area (Å²) in [5.74, 6) is 8.97. The average molecular weight is 866 g/mol. The van der Waals surface area contributed by atoms with E-state index in [1.165, 1.54) is 19.9 Å². The fourth-order valence-corrected chi connectivity index (χ4v) is 7.81. The van der Waals surface area contributed by atoms with Crippen LogP contribution in [-0.2, 0) is 47.2 Å². The number of azo groups is 1. The Bertz CT molecular complexity index is 2460. The summed E-state index contributed by atoms with van der Waals surface area (Å²) >= 11 is 1.57. The Morgan fingerprint density at radius 3 is 2.14 bits per heavy atom. The molecule has 0 amide bonds. The van der Waals surface area contributed by atoms with E-state index in [1.807, 2.05) is 0 Å². The van der Waals surface area contributed by atoms with Crippen molar-refractivity contribution in [2.24, 2.45) is 22.0 Å². The third-order valence-electron chi connectivity index (χ3n) is 6.98. The zero-order valence-electron chi connectivity index (χ0n) is 30.3. The van der Waals surface area contributed by atoms with Gasteiger partial charge in [0.25, 0.3) is 20.2 Å². The van der Waals surface area contributed by atoms with Gasteiger partial charge in [0, 0.05) is 10.3 Å². The number of aromatic hydroxyl groups is 1. The standard InChI is InChI=1S/C32H35N9O12S4/c1-5-47-56(43,44)22-14-19-15-26(57(45,46)48-6-2)28(41-40-20-10-9-11-21(16-20)54-52-50-33)29(42)27(19)24(17-22)36-31-37-30(38-32(39-31)49-18(3)4)35-23-12-7-8-13-25(23)55-53-51-34/h7-18,42H,5-6,33-34H2,1-4H3,(H2,35,36,37,38,39). The molecule has 0 atom stereocenters. The van der Waals surface area contributed by atoms with E-state index in [0.717, 1.165) is 42.3 Å². The number of aromatic nitrogens is 3. The highest BCUT2D eigenvalue weighted by Crippen LogP contribution is 2.46. The number of phenols is 1. The molecular formula is C32H35N9O12S4. The summed E-state index contributed by atoms with van der Waals surface area (Å²) in [4.78, 5) is 21.5. The predicted octanol–water partition coefficient (Wildman–Crippen LogP) is 6.53. The van der Waals surface area contributed by atoms with Crippen molar-refractivity contribution in [3.05, 3.63) is 66.7 Å². The van der Waals surface area contributed by atoms with E-state index in [9.17, 15) is 21.9 Å². The molecule has 0 radical (unpaired) electrons. The van der Waals surface area contributed by atoms with Crippen LogP contribution in [0.2, 0.25) is 0 Å². The van der Waals surface area contributed by atoms with Gasteiger partial charge in [-0.2, -0.15) is 48.7 Å². The Hall–Kier alpha value is -4.77. The van der Waals surface area contributed by atoms with Gasteiger partial charge in [-0.1, -0.05) is 18.2 Å². The molecule has 0 saturated heterocycles. The van der Waals surface area contributed by atoms with Crippen molar-refractivity contribution in [3.63, 3.8) is 0 Å². The zero-order valence-corrected chi connectivity index (χ0v) is 33.6. The number of nitrogens with one attached hydrogen (secondary N) is 2. The minimum Gasteiger partial charge on any atom is -0.505 e. The van der Waals surface area contributed by atoms with Crippen LogP contribution in [0.3, 0.4) is 0 Å². The van der Waals surface area contributed by atoms with E-state index < -0.39 is 47.6 Å². The predicted molar refractivity (Wildman–Crippen MR) is 207 cm³/mol. The molecule has 7 N–H and O–H groups in total. The first-order valence-corrected chi connectivity index (χ1v) is 20.7. The van der Waals surface area contributed by atoms with Crippen molar-refractivity contribution >= 4 is 89.7 Å². The topological polar surface area (TPSA) is 293 Å². The number of anilines is 4. The molecule has 1 heterocycles. The van der Waals surface area contributed by atoms with E-state index in [-0.39, 0.29) is 53.3 Å². The van der Waals surface area contributed by atoms with Gasteiger partial charge in [-0.25, -0.2) is 0 Å². The summed E-state index contributed by atoms with van der Waals surface area (Å²) in [7, 11) is -9.06. The van der Waals surface area contributed by atoms with Gasteiger partial charge in [0.15, 0.2) is 5.75 Å². The first-order chi connectivity index (χ1) is 27.3. The second kappa shape index (κ2) is 19.6. The van der Waals surface area contributed by atoms with Crippen LogP contribution < -0.4 is 27.2 Å². The van der Waals surface area contributed by atoms with Crippen LogP contribution in [0, 0.1) is 0 Å². The second-order valence-electron chi connectivity index (χ2n) is 11.2. The Morgan fingerprint density at radius 1 is 0.789 bits per heavy atom. The molecule has 57 heavy (non-hydrogen) atoms. The van der Waals surface area contributed by atoms with E-state index >= 15 is 0 Å². The molecule has 0 unspecified atom stereocenters. The highest BCUT2D eigenvalue weighted by molar-refractivity contribution is 7.95. The largest absolute Gasteiger partial charge is 0.505 e. The lowest BCUT2D eigenvalue weighted by molar-refractivity contribution is -0.195. The van der Waals surface area contributed by atoms with Gasteiger partial charge >= 0.3 is 6.01 Å². The van der Waals surface area contributed by atoms with Gasteiger partial charge < -0.3 is 20.5 Å². The molecule has 4 aromatic carbocycles. The Labute approximate surface area is 334 Å². The lowest BCUT2D eigenvalue weighted by Gasteiger charge is -2.17. The maximum Gasteiger partial charge on any atom is 0.323 e. The number of fused-ring (bicyclic) bond motifs is 1. The number of phenolic OH excluding ortho intramolecular Hbond substituents is 1. The van der Waals surface area contributed by atoms with Crippen molar-refractivity contribution in [2.45, 2.75) is 53.4 Å². The number of hydrogen-bond donors (Lipinski definition) is 5. The Kier molecular flexibility index (Phi) is 14.9. The number of rotatable bonds is 20. The van der Waals surface area contributed by atoms with Crippen molar-refractivity contribution in [3.8, 4) is 11.8 Å². The number of para-hydroxylation sites is 1. The zero-order chi connectivity index (χ0) is 41.2. The van der Waals surface area contributed by atoms with Gasteiger partial charge in [0.1, 0.15) is 10.6 Å². The van der Waals surface area contributed by atoms with Crippen LogP contribution in [0.4, 0.5) is 34.6 Å². The SMILES string of the molecule is CCOS(=O)(=O)c1cc(Nc2nc(Nc3ccccc3SOON)nc(OC(C)C)n2)c2c(O)c(N=Nc3cccc(SOON)c3)c(S(=O)(=O)OCC)cc2c1. The number of ether oxygens (including phenoxy) is 1. The van der Waals surface area contributed by atoms with Crippen molar-refractivity contribution < 1.29 is 53.7 Å². The maximum atomic E-state index is 13.5. The smallest absolute Gasteiger partial charge is 0.323 e. The summed E-state index contributed by atoms with van der Waals surface area (Å²) < 4.78 is 78.9. The number of hydrogen-bond acceptors (Lipinski definition) is 23. The highest BCUT2D eigenvalue weighted by atomic mass is 32.2. The summed E-state index contributed by atoms with van der Waals surface area (Å²) in [5.41, 5.74) is -0.00276. The molecule has 1 aromatic heterocycles. The van der Waals surface area contributed by atoms with E-state index in [1.54, 1.807) is 56.3 Å².